The number of aliphatic imine (C=N–C) groups is 1. The lowest BCUT2D eigenvalue weighted by molar-refractivity contribution is 0.714. The Morgan fingerprint density at radius 1 is 1.60 bits per heavy atom. The van der Waals surface area contributed by atoms with E-state index in [1.54, 1.807) is 18.4 Å². The third-order valence-electron chi connectivity index (χ3n) is 1.91. The van der Waals surface area contributed by atoms with Crippen molar-refractivity contribution >= 4 is 23.3 Å². The second kappa shape index (κ2) is 4.79. The summed E-state index contributed by atoms with van der Waals surface area (Å²) in [4.78, 5) is 6.72. The van der Waals surface area contributed by atoms with Crippen molar-refractivity contribution in [2.24, 2.45) is 16.5 Å². The molecule has 0 amide bonds. The van der Waals surface area contributed by atoms with Gasteiger partial charge in [0.1, 0.15) is 0 Å². The van der Waals surface area contributed by atoms with E-state index in [1.165, 1.54) is 9.78 Å². The third kappa shape index (κ3) is 3.25. The Morgan fingerprint density at radius 3 is 2.73 bits per heavy atom. The number of thiophene rings is 1. The molecule has 0 radical (unpaired) electrons. The fourth-order valence-electron chi connectivity index (χ4n) is 0.982. The molecular weight excluding hydrogens is 210 g/mol. The average molecular weight is 225 g/mol. The van der Waals surface area contributed by atoms with Crippen molar-refractivity contribution in [3.05, 3.63) is 21.9 Å². The maximum atomic E-state index is 7.16. The van der Waals surface area contributed by atoms with Crippen molar-refractivity contribution in [3.8, 4) is 0 Å². The summed E-state index contributed by atoms with van der Waals surface area (Å²) in [6.45, 7) is 2.57. The largest absolute Gasteiger partial charge is 0.370 e. The fraction of sp³-hybridized carbons (Fsp3) is 0.333. The fourth-order valence-corrected chi connectivity index (χ4v) is 1.68. The molecule has 0 atom stereocenters. The van der Waals surface area contributed by atoms with Gasteiger partial charge < -0.3 is 11.5 Å². The van der Waals surface area contributed by atoms with E-state index in [0.717, 1.165) is 5.56 Å². The lowest BCUT2D eigenvalue weighted by atomic mass is 10.3. The smallest absolute Gasteiger partial charge is 0.198 e. The molecule has 0 spiro atoms. The molecule has 0 fully saturated rings. The minimum atomic E-state index is -0.113. The van der Waals surface area contributed by atoms with E-state index in [1.807, 2.05) is 12.3 Å². The summed E-state index contributed by atoms with van der Waals surface area (Å²) in [5.41, 5.74) is 12.0. The zero-order valence-corrected chi connectivity index (χ0v) is 9.64. The van der Waals surface area contributed by atoms with Crippen molar-refractivity contribution in [2.45, 2.75) is 13.5 Å². The standard InChI is InChI=1S/C9H15N5S/c1-6-3-7(5-15-6)4-13-9(12)14(2)8(10)11/h3,5H,4H2,1-2H3,(H3,10,11)(H2,12,13). The number of hydrogen-bond donors (Lipinski definition) is 3. The minimum Gasteiger partial charge on any atom is -0.370 e. The van der Waals surface area contributed by atoms with Crippen LogP contribution in [-0.2, 0) is 6.54 Å². The molecule has 0 saturated carbocycles. The lowest BCUT2D eigenvalue weighted by Gasteiger charge is -2.14. The predicted molar refractivity (Wildman–Crippen MR) is 64.1 cm³/mol. The summed E-state index contributed by atoms with van der Waals surface area (Å²) in [6, 6.07) is 2.06. The molecule has 0 aliphatic carbocycles. The van der Waals surface area contributed by atoms with Gasteiger partial charge in [0.05, 0.1) is 6.54 Å². The van der Waals surface area contributed by atoms with E-state index < -0.39 is 0 Å². The third-order valence-corrected chi connectivity index (χ3v) is 2.82. The summed E-state index contributed by atoms with van der Waals surface area (Å²) in [5.74, 6) is 0.143. The summed E-state index contributed by atoms with van der Waals surface area (Å²) in [5, 5.41) is 9.20. The molecule has 0 saturated heterocycles. The maximum Gasteiger partial charge on any atom is 0.198 e. The zero-order valence-electron chi connectivity index (χ0n) is 8.82. The highest BCUT2D eigenvalue weighted by molar-refractivity contribution is 7.10. The lowest BCUT2D eigenvalue weighted by Crippen LogP contribution is -2.42. The van der Waals surface area contributed by atoms with Crippen molar-refractivity contribution in [1.29, 1.82) is 5.41 Å². The van der Waals surface area contributed by atoms with E-state index in [-0.39, 0.29) is 11.9 Å². The summed E-state index contributed by atoms with van der Waals surface area (Å²) >= 11 is 1.68. The highest BCUT2D eigenvalue weighted by Crippen LogP contribution is 2.13. The second-order valence-corrected chi connectivity index (χ2v) is 4.30. The minimum absolute atomic E-state index is 0.113. The van der Waals surface area contributed by atoms with E-state index >= 15 is 0 Å². The Morgan fingerprint density at radius 2 is 2.27 bits per heavy atom. The first-order valence-corrected chi connectivity index (χ1v) is 5.30. The Hall–Kier alpha value is -1.56. The van der Waals surface area contributed by atoms with Gasteiger partial charge in [-0.25, -0.2) is 4.99 Å². The van der Waals surface area contributed by atoms with Gasteiger partial charge in [-0.15, -0.1) is 11.3 Å². The molecule has 0 bridgehead atoms. The van der Waals surface area contributed by atoms with Gasteiger partial charge in [0.25, 0.3) is 0 Å². The first-order valence-electron chi connectivity index (χ1n) is 4.42. The molecule has 0 aliphatic heterocycles. The first-order chi connectivity index (χ1) is 7.00. The van der Waals surface area contributed by atoms with E-state index in [2.05, 4.69) is 11.1 Å². The highest BCUT2D eigenvalue weighted by Gasteiger charge is 2.03. The number of nitrogens with one attached hydrogen (secondary N) is 1. The molecule has 1 aromatic heterocycles. The summed E-state index contributed by atoms with van der Waals surface area (Å²) in [6.07, 6.45) is 0. The Labute approximate surface area is 92.9 Å². The second-order valence-electron chi connectivity index (χ2n) is 3.18. The highest BCUT2D eigenvalue weighted by atomic mass is 32.1. The van der Waals surface area contributed by atoms with Gasteiger partial charge in [-0.1, -0.05) is 0 Å². The monoisotopic (exact) mass is 225 g/mol. The average Bonchev–Trinajstić information content (AvgIpc) is 2.59. The quantitative estimate of drug-likeness (QED) is 0.511. The zero-order chi connectivity index (χ0) is 11.4. The van der Waals surface area contributed by atoms with Crippen LogP contribution in [0.1, 0.15) is 10.4 Å². The summed E-state index contributed by atoms with van der Waals surface area (Å²) in [7, 11) is 1.61. The number of nitrogens with zero attached hydrogens (tertiary/aromatic N) is 2. The number of hydrogen-bond acceptors (Lipinski definition) is 3. The molecule has 82 valence electrons. The topological polar surface area (TPSA) is 91.5 Å². The molecule has 0 aromatic carbocycles. The van der Waals surface area contributed by atoms with Crippen molar-refractivity contribution in [1.82, 2.24) is 4.90 Å². The van der Waals surface area contributed by atoms with Crippen LogP contribution < -0.4 is 11.5 Å². The Bertz CT molecular complexity index is 382. The van der Waals surface area contributed by atoms with Crippen molar-refractivity contribution in [3.63, 3.8) is 0 Å². The van der Waals surface area contributed by atoms with Crippen LogP contribution in [-0.4, -0.2) is 23.9 Å². The van der Waals surface area contributed by atoms with Crippen molar-refractivity contribution in [2.75, 3.05) is 7.05 Å². The maximum absolute atomic E-state index is 7.16. The van der Waals surface area contributed by atoms with Gasteiger partial charge in [-0.2, -0.15) is 0 Å². The molecule has 1 heterocycles. The number of aryl methyl sites for hydroxylation is 1. The van der Waals surface area contributed by atoms with Gasteiger partial charge in [0.2, 0.25) is 0 Å². The molecule has 5 N–H and O–H groups in total. The van der Waals surface area contributed by atoms with E-state index in [9.17, 15) is 0 Å². The van der Waals surface area contributed by atoms with Crippen LogP contribution in [0.5, 0.6) is 0 Å². The normalized spacial score (nSPS) is 11.5. The predicted octanol–water partition coefficient (Wildman–Crippen LogP) is 0.696. The van der Waals surface area contributed by atoms with Crippen LogP contribution in [0.3, 0.4) is 0 Å². The van der Waals surface area contributed by atoms with Crippen LogP contribution in [0.15, 0.2) is 16.4 Å². The van der Waals surface area contributed by atoms with Crippen LogP contribution in [0, 0.1) is 12.3 Å². The Balaban J connectivity index is 2.61. The van der Waals surface area contributed by atoms with Crippen LogP contribution in [0.25, 0.3) is 0 Å². The van der Waals surface area contributed by atoms with Crippen LogP contribution in [0.2, 0.25) is 0 Å². The Kier molecular flexibility index (Phi) is 3.68. The molecule has 1 rings (SSSR count). The van der Waals surface area contributed by atoms with E-state index in [4.69, 9.17) is 16.9 Å². The van der Waals surface area contributed by atoms with Gasteiger partial charge >= 0.3 is 0 Å². The molecule has 0 aliphatic rings. The van der Waals surface area contributed by atoms with E-state index in [0.29, 0.717) is 6.54 Å². The number of rotatable bonds is 2. The molecule has 15 heavy (non-hydrogen) atoms. The van der Waals surface area contributed by atoms with Gasteiger partial charge in [-0.3, -0.25) is 10.3 Å². The van der Waals surface area contributed by atoms with Gasteiger partial charge in [-0.05, 0) is 23.9 Å². The van der Waals surface area contributed by atoms with Crippen molar-refractivity contribution < 1.29 is 0 Å². The molecule has 5 nitrogen and oxygen atoms in total. The van der Waals surface area contributed by atoms with Crippen LogP contribution >= 0.6 is 11.3 Å². The molecule has 0 unspecified atom stereocenters. The van der Waals surface area contributed by atoms with Gasteiger partial charge in [0, 0.05) is 11.9 Å². The number of nitrogens with two attached hydrogens (primary N) is 2. The first kappa shape index (κ1) is 11.5. The molecular formula is C9H15N5S. The van der Waals surface area contributed by atoms with Gasteiger partial charge in [0.15, 0.2) is 11.9 Å². The summed E-state index contributed by atoms with van der Waals surface area (Å²) < 4.78 is 0. The number of guanidine groups is 2. The molecule has 1 aromatic rings. The van der Waals surface area contributed by atoms with Crippen LogP contribution in [0.4, 0.5) is 0 Å². The molecule has 6 heteroatoms. The SMILES string of the molecule is Cc1cc(CN=C(N)N(C)C(=N)N)cs1.